The highest BCUT2D eigenvalue weighted by Crippen LogP contribution is 2.32. The van der Waals surface area contributed by atoms with Gasteiger partial charge in [-0.25, -0.2) is 18.6 Å². The highest BCUT2D eigenvalue weighted by molar-refractivity contribution is 6.12. The molecule has 0 bridgehead atoms. The van der Waals surface area contributed by atoms with Crippen LogP contribution < -0.4 is 9.47 Å². The van der Waals surface area contributed by atoms with Gasteiger partial charge in [0, 0.05) is 6.07 Å². The summed E-state index contributed by atoms with van der Waals surface area (Å²) in [5, 5.41) is 0. The van der Waals surface area contributed by atoms with E-state index >= 15 is 0 Å². The second kappa shape index (κ2) is 6.01. The van der Waals surface area contributed by atoms with Crippen molar-refractivity contribution in [2.75, 3.05) is 13.2 Å². The van der Waals surface area contributed by atoms with E-state index in [4.69, 9.17) is 14.2 Å². The van der Waals surface area contributed by atoms with Crippen LogP contribution in [0.4, 0.5) is 8.78 Å². The molecule has 0 spiro atoms. The third-order valence-corrected chi connectivity index (χ3v) is 3.65. The average molecular weight is 343 g/mol. The van der Waals surface area contributed by atoms with Crippen molar-refractivity contribution in [3.63, 3.8) is 0 Å². The molecule has 0 aliphatic carbocycles. The zero-order valence-corrected chi connectivity index (χ0v) is 12.8. The lowest BCUT2D eigenvalue weighted by molar-refractivity contribution is -0.129. The van der Waals surface area contributed by atoms with Gasteiger partial charge in [-0.2, -0.15) is 0 Å². The van der Waals surface area contributed by atoms with Gasteiger partial charge in [0.1, 0.15) is 24.8 Å². The van der Waals surface area contributed by atoms with Crippen molar-refractivity contribution >= 4 is 17.9 Å². The maximum atomic E-state index is 13.8. The van der Waals surface area contributed by atoms with Gasteiger partial charge in [-0.1, -0.05) is 6.07 Å². The maximum Gasteiger partial charge on any atom is 0.363 e. The number of benzene rings is 2. The average Bonchev–Trinajstić information content (AvgIpc) is 2.95. The SMILES string of the molecule is O=C1OC(c2ccc(F)cc2F)=N/C1=C\c1ccc2c(c1)OCCO2. The van der Waals surface area contributed by atoms with Gasteiger partial charge >= 0.3 is 5.97 Å². The summed E-state index contributed by atoms with van der Waals surface area (Å²) in [6.45, 7) is 0.928. The van der Waals surface area contributed by atoms with Gasteiger partial charge in [0.15, 0.2) is 17.2 Å². The fraction of sp³-hybridized carbons (Fsp3) is 0.111. The summed E-state index contributed by atoms with van der Waals surface area (Å²) in [4.78, 5) is 16.0. The first kappa shape index (κ1) is 15.3. The molecule has 0 fully saturated rings. The quantitative estimate of drug-likeness (QED) is 0.621. The molecule has 0 aromatic heterocycles. The molecule has 2 aliphatic rings. The first-order chi connectivity index (χ1) is 12.1. The lowest BCUT2D eigenvalue weighted by Gasteiger charge is -2.18. The summed E-state index contributed by atoms with van der Waals surface area (Å²) in [5.41, 5.74) is 0.580. The van der Waals surface area contributed by atoms with Gasteiger partial charge in [-0.05, 0) is 35.9 Å². The Kier molecular flexibility index (Phi) is 3.68. The van der Waals surface area contributed by atoms with Crippen LogP contribution in [0.3, 0.4) is 0 Å². The molecule has 4 rings (SSSR count). The molecule has 2 heterocycles. The number of halogens is 2. The van der Waals surface area contributed by atoms with Crippen molar-refractivity contribution in [1.82, 2.24) is 0 Å². The van der Waals surface area contributed by atoms with Crippen LogP contribution in [-0.4, -0.2) is 25.1 Å². The van der Waals surface area contributed by atoms with E-state index in [1.54, 1.807) is 18.2 Å². The summed E-state index contributed by atoms with van der Waals surface area (Å²) in [7, 11) is 0. The lowest BCUT2D eigenvalue weighted by Crippen LogP contribution is -2.15. The van der Waals surface area contributed by atoms with Crippen molar-refractivity contribution in [2.45, 2.75) is 0 Å². The number of carbonyl (C=O) groups excluding carboxylic acids is 1. The van der Waals surface area contributed by atoms with Crippen molar-refractivity contribution in [2.24, 2.45) is 4.99 Å². The van der Waals surface area contributed by atoms with Crippen LogP contribution >= 0.6 is 0 Å². The molecular weight excluding hydrogens is 332 g/mol. The topological polar surface area (TPSA) is 57.1 Å². The molecule has 0 amide bonds. The number of aliphatic imine (C=N–C) groups is 1. The highest BCUT2D eigenvalue weighted by Gasteiger charge is 2.26. The summed E-state index contributed by atoms with van der Waals surface area (Å²) in [6.07, 6.45) is 1.50. The molecule has 0 unspecified atom stereocenters. The lowest BCUT2D eigenvalue weighted by atomic mass is 10.1. The van der Waals surface area contributed by atoms with E-state index in [2.05, 4.69) is 4.99 Å². The van der Waals surface area contributed by atoms with E-state index in [-0.39, 0.29) is 17.2 Å². The molecule has 25 heavy (non-hydrogen) atoms. The Labute approximate surface area is 141 Å². The predicted octanol–water partition coefficient (Wildman–Crippen LogP) is 3.08. The fourth-order valence-electron chi connectivity index (χ4n) is 2.49. The summed E-state index contributed by atoms with van der Waals surface area (Å²) < 4.78 is 42.7. The second-order valence-corrected chi connectivity index (χ2v) is 5.36. The van der Waals surface area contributed by atoms with Gasteiger partial charge in [-0.15, -0.1) is 0 Å². The molecule has 0 atom stereocenters. The van der Waals surface area contributed by atoms with Gasteiger partial charge < -0.3 is 14.2 Å². The highest BCUT2D eigenvalue weighted by atomic mass is 19.1. The minimum Gasteiger partial charge on any atom is -0.486 e. The normalized spacial score (nSPS) is 17.4. The first-order valence-corrected chi connectivity index (χ1v) is 7.48. The van der Waals surface area contributed by atoms with Crippen molar-refractivity contribution < 1.29 is 27.8 Å². The van der Waals surface area contributed by atoms with Crippen LogP contribution in [0.15, 0.2) is 47.1 Å². The number of fused-ring (bicyclic) bond motifs is 1. The van der Waals surface area contributed by atoms with Crippen molar-refractivity contribution in [3.05, 3.63) is 64.9 Å². The zero-order valence-electron chi connectivity index (χ0n) is 12.8. The molecule has 0 saturated heterocycles. The number of hydrogen-bond donors (Lipinski definition) is 0. The Bertz CT molecular complexity index is 937. The van der Waals surface area contributed by atoms with E-state index < -0.39 is 17.6 Å². The Morgan fingerprint density at radius 2 is 1.80 bits per heavy atom. The largest absolute Gasteiger partial charge is 0.486 e. The van der Waals surface area contributed by atoms with Crippen LogP contribution in [0, 0.1) is 11.6 Å². The van der Waals surface area contributed by atoms with Crippen LogP contribution in [-0.2, 0) is 9.53 Å². The number of cyclic esters (lactones) is 1. The van der Waals surface area contributed by atoms with Gasteiger partial charge in [-0.3, -0.25) is 0 Å². The molecule has 2 aromatic rings. The Morgan fingerprint density at radius 3 is 2.60 bits per heavy atom. The van der Waals surface area contributed by atoms with E-state index in [1.165, 1.54) is 12.1 Å². The molecule has 2 aromatic carbocycles. The molecule has 0 N–H and O–H groups in total. The number of nitrogens with zero attached hydrogens (tertiary/aromatic N) is 1. The van der Waals surface area contributed by atoms with Gasteiger partial charge in [0.25, 0.3) is 0 Å². The number of hydrogen-bond acceptors (Lipinski definition) is 5. The first-order valence-electron chi connectivity index (χ1n) is 7.48. The standard InChI is InChI=1S/C18H11F2NO4/c19-11-2-3-12(13(20)9-11)17-21-14(18(22)25-17)7-10-1-4-15-16(8-10)24-6-5-23-15/h1-4,7-9H,5-6H2/b14-7-. The number of rotatable bonds is 2. The van der Waals surface area contributed by atoms with E-state index in [0.717, 1.165) is 6.07 Å². The van der Waals surface area contributed by atoms with E-state index in [0.29, 0.717) is 36.3 Å². The number of esters is 1. The summed E-state index contributed by atoms with van der Waals surface area (Å²) >= 11 is 0. The van der Waals surface area contributed by atoms with E-state index in [9.17, 15) is 13.6 Å². The van der Waals surface area contributed by atoms with Crippen molar-refractivity contribution in [1.29, 1.82) is 0 Å². The number of carbonyl (C=O) groups is 1. The molecule has 5 nitrogen and oxygen atoms in total. The third kappa shape index (κ3) is 2.96. The molecular formula is C18H11F2NO4. The van der Waals surface area contributed by atoms with E-state index in [1.807, 2.05) is 0 Å². The van der Waals surface area contributed by atoms with Crippen LogP contribution in [0.5, 0.6) is 11.5 Å². The molecule has 7 heteroatoms. The molecule has 0 saturated carbocycles. The third-order valence-electron chi connectivity index (χ3n) is 3.65. The summed E-state index contributed by atoms with van der Waals surface area (Å²) in [5.74, 6) is -1.30. The smallest absolute Gasteiger partial charge is 0.363 e. The molecule has 2 aliphatic heterocycles. The fourth-order valence-corrected chi connectivity index (χ4v) is 2.49. The zero-order chi connectivity index (χ0) is 17.4. The minimum atomic E-state index is -0.855. The minimum absolute atomic E-state index is 0.00963. The number of ether oxygens (including phenoxy) is 3. The Morgan fingerprint density at radius 1 is 1.00 bits per heavy atom. The van der Waals surface area contributed by atoms with Crippen LogP contribution in [0.2, 0.25) is 0 Å². The molecule has 0 radical (unpaired) electrons. The summed E-state index contributed by atoms with van der Waals surface area (Å²) in [6, 6.07) is 8.11. The Hall–Kier alpha value is -3.22. The van der Waals surface area contributed by atoms with Crippen LogP contribution in [0.1, 0.15) is 11.1 Å². The van der Waals surface area contributed by atoms with Gasteiger partial charge in [0.2, 0.25) is 5.90 Å². The van der Waals surface area contributed by atoms with Gasteiger partial charge in [0.05, 0.1) is 5.56 Å². The monoisotopic (exact) mass is 343 g/mol. The second-order valence-electron chi connectivity index (χ2n) is 5.36. The Balaban J connectivity index is 1.67. The maximum absolute atomic E-state index is 13.8. The van der Waals surface area contributed by atoms with Crippen LogP contribution in [0.25, 0.3) is 6.08 Å². The molecule has 126 valence electrons. The predicted molar refractivity (Wildman–Crippen MR) is 84.4 cm³/mol. The van der Waals surface area contributed by atoms with Crippen molar-refractivity contribution in [3.8, 4) is 11.5 Å².